The van der Waals surface area contributed by atoms with Gasteiger partial charge in [0, 0.05) is 25.6 Å². The Balaban J connectivity index is 0.00000338. The lowest BCUT2D eigenvalue weighted by Crippen LogP contribution is -2.36. The van der Waals surface area contributed by atoms with Gasteiger partial charge in [0.25, 0.3) is 0 Å². The Kier molecular flexibility index (Phi) is 10.8. The van der Waals surface area contributed by atoms with Crippen LogP contribution < -0.4 is 10.6 Å². The first-order chi connectivity index (χ1) is 12.1. The number of aliphatic imine (C=N–C) groups is 1. The third-order valence-corrected chi connectivity index (χ3v) is 4.61. The van der Waals surface area contributed by atoms with E-state index in [9.17, 15) is 0 Å². The second-order valence-corrected chi connectivity index (χ2v) is 7.00. The molecule has 0 unspecified atom stereocenters. The number of nitrogens with zero attached hydrogens (tertiary/aromatic N) is 2. The van der Waals surface area contributed by atoms with Gasteiger partial charge >= 0.3 is 0 Å². The van der Waals surface area contributed by atoms with Crippen molar-refractivity contribution in [3.8, 4) is 0 Å². The minimum Gasteiger partial charge on any atom is -0.377 e. The van der Waals surface area contributed by atoms with Crippen molar-refractivity contribution < 1.29 is 4.74 Å². The summed E-state index contributed by atoms with van der Waals surface area (Å²) in [6, 6.07) is 8.44. The lowest BCUT2D eigenvalue weighted by molar-refractivity contribution is 0.134. The zero-order valence-corrected chi connectivity index (χ0v) is 19.1. The molecule has 0 fully saturated rings. The molecule has 0 aliphatic heterocycles. The molecule has 2 N–H and O–H groups in total. The monoisotopic (exact) mass is 488 g/mol. The van der Waals surface area contributed by atoms with E-state index in [0.717, 1.165) is 29.8 Å². The number of thiazole rings is 1. The average molecular weight is 488 g/mol. The molecule has 5 nitrogen and oxygen atoms in total. The summed E-state index contributed by atoms with van der Waals surface area (Å²) < 4.78 is 5.42. The van der Waals surface area contributed by atoms with Crippen LogP contribution in [0.25, 0.3) is 0 Å². The van der Waals surface area contributed by atoms with Crippen LogP contribution in [0.5, 0.6) is 0 Å². The molecule has 0 amide bonds. The Bertz CT molecular complexity index is 670. The lowest BCUT2D eigenvalue weighted by atomic mass is 10.1. The standard InChI is InChI=1S/C19H28N4OS.HI/c1-5-24-12-16-8-6-15(7-9-16)10-21-19(20-4)22-11-18-23-17(13-25-18)14(2)3;/h6-9,13-14H,5,10-12H2,1-4H3,(H2,20,21,22);1H. The van der Waals surface area contributed by atoms with Gasteiger partial charge in [-0.1, -0.05) is 38.1 Å². The van der Waals surface area contributed by atoms with Gasteiger partial charge in [0.2, 0.25) is 0 Å². The van der Waals surface area contributed by atoms with E-state index in [0.29, 0.717) is 19.1 Å². The molecule has 0 aliphatic carbocycles. The fourth-order valence-electron chi connectivity index (χ4n) is 2.21. The summed E-state index contributed by atoms with van der Waals surface area (Å²) in [7, 11) is 1.78. The van der Waals surface area contributed by atoms with Crippen molar-refractivity contribution in [2.45, 2.75) is 46.4 Å². The van der Waals surface area contributed by atoms with Crippen molar-refractivity contribution in [1.82, 2.24) is 15.6 Å². The third kappa shape index (κ3) is 7.59. The molecule has 0 spiro atoms. The molecular weight excluding hydrogens is 459 g/mol. The number of guanidine groups is 1. The zero-order chi connectivity index (χ0) is 18.1. The number of hydrogen-bond acceptors (Lipinski definition) is 4. The van der Waals surface area contributed by atoms with Crippen LogP contribution in [0.2, 0.25) is 0 Å². The van der Waals surface area contributed by atoms with E-state index < -0.39 is 0 Å². The predicted molar refractivity (Wildman–Crippen MR) is 120 cm³/mol. The van der Waals surface area contributed by atoms with Gasteiger partial charge in [-0.05, 0) is 24.0 Å². The molecule has 1 aromatic carbocycles. The third-order valence-electron chi connectivity index (χ3n) is 3.75. The van der Waals surface area contributed by atoms with E-state index in [-0.39, 0.29) is 24.0 Å². The van der Waals surface area contributed by atoms with Gasteiger partial charge in [-0.3, -0.25) is 4.99 Å². The Hall–Kier alpha value is -1.19. The van der Waals surface area contributed by atoms with Gasteiger partial charge in [-0.25, -0.2) is 4.98 Å². The number of aromatic nitrogens is 1. The fourth-order valence-corrected chi connectivity index (χ4v) is 3.11. The first kappa shape index (κ1) is 22.9. The smallest absolute Gasteiger partial charge is 0.191 e. The van der Waals surface area contributed by atoms with Crippen molar-refractivity contribution in [3.05, 3.63) is 51.5 Å². The lowest BCUT2D eigenvalue weighted by Gasteiger charge is -2.11. The first-order valence-corrected chi connectivity index (χ1v) is 9.54. The first-order valence-electron chi connectivity index (χ1n) is 8.66. The molecule has 1 heterocycles. The molecule has 2 aromatic rings. The quantitative estimate of drug-likeness (QED) is 0.331. The summed E-state index contributed by atoms with van der Waals surface area (Å²) in [5.74, 6) is 1.24. The normalized spacial score (nSPS) is 11.3. The van der Waals surface area contributed by atoms with E-state index >= 15 is 0 Å². The molecular formula is C19H29IN4OS. The second-order valence-electron chi connectivity index (χ2n) is 6.05. The topological polar surface area (TPSA) is 58.5 Å². The molecule has 0 saturated heterocycles. The predicted octanol–water partition coefficient (Wildman–Crippen LogP) is 4.29. The molecule has 26 heavy (non-hydrogen) atoms. The molecule has 2 rings (SSSR count). The largest absolute Gasteiger partial charge is 0.377 e. The second kappa shape index (κ2) is 12.2. The Morgan fingerprint density at radius 2 is 1.81 bits per heavy atom. The molecule has 0 bridgehead atoms. The van der Waals surface area contributed by atoms with Gasteiger partial charge in [-0.2, -0.15) is 0 Å². The fraction of sp³-hybridized carbons (Fsp3) is 0.474. The Morgan fingerprint density at radius 3 is 2.38 bits per heavy atom. The molecule has 0 aliphatic rings. The van der Waals surface area contributed by atoms with Crippen molar-refractivity contribution in [1.29, 1.82) is 0 Å². The van der Waals surface area contributed by atoms with Gasteiger partial charge in [0.05, 0.1) is 18.8 Å². The highest BCUT2D eigenvalue weighted by Crippen LogP contribution is 2.17. The van der Waals surface area contributed by atoms with E-state index in [1.54, 1.807) is 18.4 Å². The Morgan fingerprint density at radius 1 is 1.15 bits per heavy atom. The highest BCUT2D eigenvalue weighted by Gasteiger charge is 2.06. The maximum atomic E-state index is 5.42. The van der Waals surface area contributed by atoms with E-state index in [4.69, 9.17) is 4.74 Å². The van der Waals surface area contributed by atoms with Crippen LogP contribution in [0.3, 0.4) is 0 Å². The number of ether oxygens (including phenoxy) is 1. The minimum absolute atomic E-state index is 0. The number of halogens is 1. The van der Waals surface area contributed by atoms with Gasteiger partial charge in [0.15, 0.2) is 5.96 Å². The van der Waals surface area contributed by atoms with E-state index in [2.05, 4.69) is 64.1 Å². The summed E-state index contributed by atoms with van der Waals surface area (Å²) >= 11 is 1.68. The van der Waals surface area contributed by atoms with Crippen LogP contribution in [0.4, 0.5) is 0 Å². The summed E-state index contributed by atoms with van der Waals surface area (Å²) in [5.41, 5.74) is 3.55. The van der Waals surface area contributed by atoms with Crippen molar-refractivity contribution in [2.75, 3.05) is 13.7 Å². The highest BCUT2D eigenvalue weighted by molar-refractivity contribution is 14.0. The summed E-state index contributed by atoms with van der Waals surface area (Å²) in [4.78, 5) is 8.90. The minimum atomic E-state index is 0. The van der Waals surface area contributed by atoms with Crippen LogP contribution in [0.1, 0.15) is 48.5 Å². The maximum Gasteiger partial charge on any atom is 0.191 e. The van der Waals surface area contributed by atoms with Gasteiger partial charge < -0.3 is 15.4 Å². The van der Waals surface area contributed by atoms with Crippen LogP contribution >= 0.6 is 35.3 Å². The number of benzene rings is 1. The van der Waals surface area contributed by atoms with E-state index in [1.165, 1.54) is 11.1 Å². The summed E-state index contributed by atoms with van der Waals surface area (Å²) in [5, 5.41) is 9.85. The molecule has 1 aromatic heterocycles. The van der Waals surface area contributed by atoms with Crippen LogP contribution in [-0.4, -0.2) is 24.6 Å². The molecule has 0 atom stereocenters. The summed E-state index contributed by atoms with van der Waals surface area (Å²) in [6.45, 7) is 9.14. The van der Waals surface area contributed by atoms with Crippen LogP contribution in [0, 0.1) is 0 Å². The Labute approximate surface area is 177 Å². The highest BCUT2D eigenvalue weighted by atomic mass is 127. The van der Waals surface area contributed by atoms with Crippen molar-refractivity contribution in [3.63, 3.8) is 0 Å². The van der Waals surface area contributed by atoms with Gasteiger partial charge in [-0.15, -0.1) is 35.3 Å². The number of nitrogens with one attached hydrogen (secondary N) is 2. The average Bonchev–Trinajstić information content (AvgIpc) is 3.10. The van der Waals surface area contributed by atoms with Crippen molar-refractivity contribution in [2.24, 2.45) is 4.99 Å². The number of rotatable bonds is 8. The summed E-state index contributed by atoms with van der Waals surface area (Å²) in [6.07, 6.45) is 0. The molecule has 0 saturated carbocycles. The molecule has 144 valence electrons. The van der Waals surface area contributed by atoms with Crippen molar-refractivity contribution >= 4 is 41.3 Å². The SMILES string of the molecule is CCOCc1ccc(CNC(=NC)NCc2nc(C(C)C)cs2)cc1.I. The zero-order valence-electron chi connectivity index (χ0n) is 15.9. The van der Waals surface area contributed by atoms with E-state index in [1.807, 2.05) is 6.92 Å². The molecule has 7 heteroatoms. The van der Waals surface area contributed by atoms with Gasteiger partial charge in [0.1, 0.15) is 5.01 Å². The molecule has 0 radical (unpaired) electrons. The van der Waals surface area contributed by atoms with Crippen LogP contribution in [0.15, 0.2) is 34.6 Å². The van der Waals surface area contributed by atoms with Crippen LogP contribution in [-0.2, 0) is 24.4 Å². The number of hydrogen-bond donors (Lipinski definition) is 2. The maximum absolute atomic E-state index is 5.42.